The highest BCUT2D eigenvalue weighted by Gasteiger charge is 2.35. The van der Waals surface area contributed by atoms with E-state index in [1.807, 2.05) is 6.92 Å². The number of halogens is 4. The lowest BCUT2D eigenvalue weighted by Crippen LogP contribution is -2.51. The molecule has 3 rings (SSSR count). The summed E-state index contributed by atoms with van der Waals surface area (Å²) in [7, 11) is -4.56. The maximum atomic E-state index is 14.6. The average molecular weight is 594 g/mol. The molecule has 0 aliphatic heterocycles. The summed E-state index contributed by atoms with van der Waals surface area (Å²) in [6.45, 7) is 3.95. The summed E-state index contributed by atoms with van der Waals surface area (Å²) in [5.41, 5.74) is -0.693. The summed E-state index contributed by atoms with van der Waals surface area (Å²) < 4.78 is 83.3. The fourth-order valence-corrected chi connectivity index (χ4v) is 5.40. The van der Waals surface area contributed by atoms with Gasteiger partial charge in [0.1, 0.15) is 18.4 Å². The highest BCUT2D eigenvalue weighted by atomic mass is 32.2. The third kappa shape index (κ3) is 7.84. The molecule has 0 heterocycles. The highest BCUT2D eigenvalue weighted by Crippen LogP contribution is 2.33. The van der Waals surface area contributed by atoms with Crippen molar-refractivity contribution in [1.82, 2.24) is 10.2 Å². The zero-order valence-corrected chi connectivity index (χ0v) is 23.6. The number of carbonyl (C=O) groups is 2. The molecule has 0 bridgehead atoms. The smallest absolute Gasteiger partial charge is 0.354 e. The van der Waals surface area contributed by atoms with E-state index in [0.717, 1.165) is 28.7 Å². The molecule has 41 heavy (non-hydrogen) atoms. The van der Waals surface area contributed by atoms with E-state index in [0.29, 0.717) is 23.3 Å². The molecule has 3 aromatic rings. The topological polar surface area (TPSA) is 86.8 Å². The van der Waals surface area contributed by atoms with Crippen molar-refractivity contribution in [2.24, 2.45) is 0 Å². The lowest BCUT2D eigenvalue weighted by molar-refractivity contribution is -0.139. The van der Waals surface area contributed by atoms with Crippen LogP contribution in [0.3, 0.4) is 0 Å². The minimum atomic E-state index is -4.78. The van der Waals surface area contributed by atoms with Gasteiger partial charge in [0, 0.05) is 18.7 Å². The van der Waals surface area contributed by atoms with E-state index < -0.39 is 57.7 Å². The molecule has 7 nitrogen and oxygen atoms in total. The highest BCUT2D eigenvalue weighted by molar-refractivity contribution is 7.92. The van der Waals surface area contributed by atoms with Crippen LogP contribution >= 0.6 is 0 Å². The monoisotopic (exact) mass is 593 g/mol. The van der Waals surface area contributed by atoms with Crippen molar-refractivity contribution in [2.75, 3.05) is 17.4 Å². The summed E-state index contributed by atoms with van der Waals surface area (Å²) >= 11 is 0. The second-order valence-corrected chi connectivity index (χ2v) is 11.3. The fourth-order valence-electron chi connectivity index (χ4n) is 3.99. The molecule has 1 unspecified atom stereocenters. The van der Waals surface area contributed by atoms with E-state index in [1.165, 1.54) is 49.4 Å². The van der Waals surface area contributed by atoms with Gasteiger partial charge in [-0.15, -0.1) is 0 Å². The first-order valence-corrected chi connectivity index (χ1v) is 14.3. The molecular weight excluding hydrogens is 562 g/mol. The van der Waals surface area contributed by atoms with Crippen LogP contribution in [0.1, 0.15) is 37.0 Å². The van der Waals surface area contributed by atoms with E-state index >= 15 is 0 Å². The molecule has 1 atom stereocenters. The van der Waals surface area contributed by atoms with Gasteiger partial charge in [-0.3, -0.25) is 13.9 Å². The minimum Gasteiger partial charge on any atom is -0.354 e. The van der Waals surface area contributed by atoms with Crippen LogP contribution in [0, 0.1) is 12.7 Å². The summed E-state index contributed by atoms with van der Waals surface area (Å²) in [4.78, 5) is 27.4. The molecule has 2 amide bonds. The zero-order valence-electron chi connectivity index (χ0n) is 22.8. The van der Waals surface area contributed by atoms with Crippen LogP contribution in [0.2, 0.25) is 0 Å². The predicted molar refractivity (Wildman–Crippen MR) is 147 cm³/mol. The van der Waals surface area contributed by atoms with Crippen molar-refractivity contribution in [1.29, 1.82) is 0 Å². The number of anilines is 1. The quantitative estimate of drug-likeness (QED) is 0.306. The van der Waals surface area contributed by atoms with Gasteiger partial charge in [0.2, 0.25) is 11.8 Å². The van der Waals surface area contributed by atoms with Crippen LogP contribution in [0.5, 0.6) is 0 Å². The van der Waals surface area contributed by atoms with Crippen molar-refractivity contribution < 1.29 is 35.6 Å². The number of amides is 2. The molecule has 0 saturated heterocycles. The largest absolute Gasteiger partial charge is 0.416 e. The Morgan fingerprint density at radius 2 is 1.63 bits per heavy atom. The van der Waals surface area contributed by atoms with E-state index in [4.69, 9.17) is 0 Å². The molecule has 220 valence electrons. The van der Waals surface area contributed by atoms with Crippen LogP contribution in [-0.4, -0.2) is 44.3 Å². The van der Waals surface area contributed by atoms with Gasteiger partial charge in [0.25, 0.3) is 10.0 Å². The minimum absolute atomic E-state index is 0.0722. The van der Waals surface area contributed by atoms with E-state index in [-0.39, 0.29) is 17.0 Å². The Labute approximate surface area is 236 Å². The number of rotatable bonds is 11. The Morgan fingerprint density at radius 1 is 0.976 bits per heavy atom. The number of aryl methyl sites for hydroxylation is 1. The molecule has 0 aliphatic carbocycles. The van der Waals surface area contributed by atoms with Gasteiger partial charge in [0.05, 0.1) is 16.1 Å². The van der Waals surface area contributed by atoms with Gasteiger partial charge >= 0.3 is 6.18 Å². The maximum Gasteiger partial charge on any atom is 0.416 e. The lowest BCUT2D eigenvalue weighted by atomic mass is 10.1. The standard InChI is InChI=1S/C29H31F4N3O4S/c1-4-16-34-28(38)21(3)35(18-22-8-5-6-11-26(22)30)27(37)19-36(24-10-7-9-23(17-24)29(31,32)33)41(39,40)25-14-12-20(2)13-15-25/h5-15,17,21H,4,16,18-19H2,1-3H3,(H,34,38). The van der Waals surface area contributed by atoms with E-state index in [9.17, 15) is 35.6 Å². The van der Waals surface area contributed by atoms with E-state index in [2.05, 4.69) is 5.32 Å². The van der Waals surface area contributed by atoms with Gasteiger partial charge in [-0.2, -0.15) is 13.2 Å². The van der Waals surface area contributed by atoms with Crippen LogP contribution < -0.4 is 9.62 Å². The second kappa shape index (κ2) is 13.2. The number of nitrogens with zero attached hydrogens (tertiary/aromatic N) is 2. The van der Waals surface area contributed by atoms with Crippen molar-refractivity contribution in [3.63, 3.8) is 0 Å². The first kappa shape index (κ1) is 31.6. The Bertz CT molecular complexity index is 1480. The van der Waals surface area contributed by atoms with Gasteiger partial charge in [-0.05, 0) is 56.7 Å². The molecule has 0 saturated carbocycles. The Balaban J connectivity index is 2.09. The molecule has 0 spiro atoms. The van der Waals surface area contributed by atoms with Crippen molar-refractivity contribution in [3.05, 3.63) is 95.3 Å². The number of carbonyl (C=O) groups excluding carboxylic acids is 2. The van der Waals surface area contributed by atoms with Gasteiger partial charge < -0.3 is 10.2 Å². The first-order valence-electron chi connectivity index (χ1n) is 12.8. The molecule has 0 aliphatic rings. The van der Waals surface area contributed by atoms with Gasteiger partial charge in [-0.25, -0.2) is 12.8 Å². The lowest BCUT2D eigenvalue weighted by Gasteiger charge is -2.32. The average Bonchev–Trinajstić information content (AvgIpc) is 2.93. The maximum absolute atomic E-state index is 14.6. The van der Waals surface area contributed by atoms with Crippen molar-refractivity contribution in [3.8, 4) is 0 Å². The van der Waals surface area contributed by atoms with Crippen LogP contribution in [-0.2, 0) is 32.3 Å². The molecule has 3 aromatic carbocycles. The zero-order chi connectivity index (χ0) is 30.4. The van der Waals surface area contributed by atoms with Gasteiger partial charge in [-0.1, -0.05) is 48.9 Å². The van der Waals surface area contributed by atoms with E-state index in [1.54, 1.807) is 13.0 Å². The number of nitrogens with one attached hydrogen (secondary N) is 1. The molecule has 12 heteroatoms. The van der Waals surface area contributed by atoms with Crippen LogP contribution in [0.25, 0.3) is 0 Å². The summed E-state index contributed by atoms with van der Waals surface area (Å²) in [6.07, 6.45) is -4.17. The van der Waals surface area contributed by atoms with Gasteiger partial charge in [0.15, 0.2) is 0 Å². The third-order valence-corrected chi connectivity index (χ3v) is 8.15. The molecule has 0 aromatic heterocycles. The van der Waals surface area contributed by atoms with Crippen LogP contribution in [0.15, 0.2) is 77.7 Å². The second-order valence-electron chi connectivity index (χ2n) is 9.45. The number of benzene rings is 3. The van der Waals surface area contributed by atoms with Crippen molar-refractivity contribution in [2.45, 2.75) is 50.9 Å². The molecular formula is C29H31F4N3O4S. The number of sulfonamides is 1. The number of alkyl halides is 3. The molecule has 1 N–H and O–H groups in total. The third-order valence-electron chi connectivity index (χ3n) is 6.36. The Morgan fingerprint density at radius 3 is 2.24 bits per heavy atom. The van der Waals surface area contributed by atoms with Crippen molar-refractivity contribution >= 4 is 27.5 Å². The fraction of sp³-hybridized carbons (Fsp3) is 0.310. The normalized spacial score (nSPS) is 12.5. The summed E-state index contributed by atoms with van der Waals surface area (Å²) in [5.74, 6) is -2.11. The predicted octanol–water partition coefficient (Wildman–Crippen LogP) is 5.29. The Kier molecular flexibility index (Phi) is 10.1. The molecule has 0 radical (unpaired) electrons. The molecule has 0 fully saturated rings. The number of hydrogen-bond acceptors (Lipinski definition) is 4. The first-order chi connectivity index (χ1) is 19.3. The number of hydrogen-bond donors (Lipinski definition) is 1. The summed E-state index contributed by atoms with van der Waals surface area (Å²) in [5, 5.41) is 2.65. The van der Waals surface area contributed by atoms with Crippen LogP contribution in [0.4, 0.5) is 23.2 Å². The summed E-state index contributed by atoms with van der Waals surface area (Å²) in [6, 6.07) is 13.6. The Hall–Kier alpha value is -3.93. The SMILES string of the molecule is CCCNC(=O)C(C)N(Cc1ccccc1F)C(=O)CN(c1cccc(C(F)(F)F)c1)S(=O)(=O)c1ccc(C)cc1.